The number of halogens is 1. The molecular weight excluding hydrogens is 338 g/mol. The van der Waals surface area contributed by atoms with E-state index in [-0.39, 0.29) is 23.2 Å². The first-order chi connectivity index (χ1) is 10.2. The van der Waals surface area contributed by atoms with Gasteiger partial charge in [-0.2, -0.15) is 0 Å². The molecule has 1 amide bonds. The Kier molecular flexibility index (Phi) is 6.59. The molecule has 6 nitrogen and oxygen atoms in total. The van der Waals surface area contributed by atoms with Crippen LogP contribution in [0.4, 0.5) is 0 Å². The van der Waals surface area contributed by atoms with Crippen molar-refractivity contribution < 1.29 is 13.2 Å². The monoisotopic (exact) mass is 361 g/mol. The minimum atomic E-state index is -3.57. The topological polar surface area (TPSA) is 87.3 Å². The highest BCUT2D eigenvalue weighted by atomic mass is 35.5. The van der Waals surface area contributed by atoms with Crippen LogP contribution in [-0.4, -0.2) is 39.5 Å². The van der Waals surface area contributed by atoms with Gasteiger partial charge in [-0.1, -0.05) is 0 Å². The molecule has 0 aromatic heterocycles. The third kappa shape index (κ3) is 5.76. The molecule has 1 saturated heterocycles. The van der Waals surface area contributed by atoms with Gasteiger partial charge in [0.25, 0.3) is 5.91 Å². The van der Waals surface area contributed by atoms with Gasteiger partial charge in [0.2, 0.25) is 10.0 Å². The molecule has 130 valence electrons. The fraction of sp³-hybridized carbons (Fsp3) is 0.533. The molecular formula is C15H24ClN3O3S. The largest absolute Gasteiger partial charge is 0.352 e. The first-order valence-corrected chi connectivity index (χ1v) is 8.79. The zero-order valence-electron chi connectivity index (χ0n) is 13.5. The molecule has 1 aromatic carbocycles. The third-order valence-electron chi connectivity index (χ3n) is 3.28. The summed E-state index contributed by atoms with van der Waals surface area (Å²) in [5, 5.41) is 6.00. The summed E-state index contributed by atoms with van der Waals surface area (Å²) in [6.07, 6.45) is 0. The highest BCUT2D eigenvalue weighted by molar-refractivity contribution is 7.89. The van der Waals surface area contributed by atoms with Crippen LogP contribution >= 0.6 is 12.4 Å². The predicted molar refractivity (Wildman–Crippen MR) is 92.5 cm³/mol. The summed E-state index contributed by atoms with van der Waals surface area (Å²) >= 11 is 0. The van der Waals surface area contributed by atoms with Crippen molar-refractivity contribution >= 4 is 28.3 Å². The number of carbonyl (C=O) groups is 1. The van der Waals surface area contributed by atoms with Gasteiger partial charge >= 0.3 is 0 Å². The van der Waals surface area contributed by atoms with Crippen LogP contribution in [0.15, 0.2) is 29.2 Å². The Labute approximate surface area is 143 Å². The van der Waals surface area contributed by atoms with Crippen LogP contribution in [0.5, 0.6) is 0 Å². The molecule has 1 aliphatic rings. The minimum absolute atomic E-state index is 0. The Morgan fingerprint density at radius 3 is 2.22 bits per heavy atom. The molecule has 0 atom stereocenters. The lowest BCUT2D eigenvalue weighted by Gasteiger charge is -2.27. The maximum absolute atomic E-state index is 12.2. The number of hydrogen-bond acceptors (Lipinski definition) is 4. The number of nitrogens with one attached hydrogen (secondary N) is 3. The first kappa shape index (κ1) is 19.9. The van der Waals surface area contributed by atoms with Gasteiger partial charge in [-0.05, 0) is 45.0 Å². The average Bonchev–Trinajstić information content (AvgIpc) is 2.34. The van der Waals surface area contributed by atoms with Crippen molar-refractivity contribution in [1.29, 1.82) is 0 Å². The van der Waals surface area contributed by atoms with E-state index in [4.69, 9.17) is 0 Å². The van der Waals surface area contributed by atoms with Crippen LogP contribution in [0.25, 0.3) is 0 Å². The zero-order valence-corrected chi connectivity index (χ0v) is 15.2. The molecule has 23 heavy (non-hydrogen) atoms. The molecule has 1 heterocycles. The second kappa shape index (κ2) is 7.61. The quantitative estimate of drug-likeness (QED) is 0.733. The lowest BCUT2D eigenvalue weighted by atomic mass is 10.0. The van der Waals surface area contributed by atoms with E-state index < -0.39 is 15.6 Å². The molecule has 8 heteroatoms. The molecule has 1 aliphatic heterocycles. The van der Waals surface area contributed by atoms with Crippen LogP contribution < -0.4 is 15.4 Å². The van der Waals surface area contributed by atoms with Crippen molar-refractivity contribution in [1.82, 2.24) is 15.4 Å². The van der Waals surface area contributed by atoms with E-state index in [1.165, 1.54) is 24.3 Å². The Bertz CT molecular complexity index is 635. The highest BCUT2D eigenvalue weighted by Gasteiger charge is 2.22. The van der Waals surface area contributed by atoms with Gasteiger partial charge in [0, 0.05) is 36.7 Å². The fourth-order valence-corrected chi connectivity index (χ4v) is 3.50. The Balaban J connectivity index is 0.00000264. The molecule has 0 aliphatic carbocycles. The van der Waals surface area contributed by atoms with Gasteiger partial charge in [-0.15, -0.1) is 12.4 Å². The number of hydrogen-bond donors (Lipinski definition) is 3. The summed E-state index contributed by atoms with van der Waals surface area (Å²) in [5.41, 5.74) is -0.0897. The number of benzene rings is 1. The van der Waals surface area contributed by atoms with E-state index in [2.05, 4.69) is 15.4 Å². The van der Waals surface area contributed by atoms with Gasteiger partial charge in [-0.3, -0.25) is 4.79 Å². The van der Waals surface area contributed by atoms with Gasteiger partial charge in [0.15, 0.2) is 0 Å². The van der Waals surface area contributed by atoms with Gasteiger partial charge in [0.1, 0.15) is 0 Å². The van der Waals surface area contributed by atoms with Crippen LogP contribution in [0.2, 0.25) is 0 Å². The molecule has 0 radical (unpaired) electrons. The predicted octanol–water partition coefficient (Wildman–Crippen LogP) is 1.13. The summed E-state index contributed by atoms with van der Waals surface area (Å²) in [7, 11) is -3.57. The standard InChI is InChI=1S/C15H23N3O3S.ClH/c1-15(2,3)18-22(20,21)13-6-4-12(5-7-13)14(19)17-10-11-8-16-9-11;/h4-7,11,16,18H,8-10H2,1-3H3,(H,17,19);1H. The molecule has 0 spiro atoms. The van der Waals surface area contributed by atoms with Crippen molar-refractivity contribution in [2.75, 3.05) is 19.6 Å². The van der Waals surface area contributed by atoms with Crippen molar-refractivity contribution in [3.63, 3.8) is 0 Å². The second-order valence-electron chi connectivity index (χ2n) is 6.61. The molecule has 1 aromatic rings. The zero-order chi connectivity index (χ0) is 16.4. The third-order valence-corrected chi connectivity index (χ3v) is 5.06. The average molecular weight is 362 g/mol. The van der Waals surface area contributed by atoms with Gasteiger partial charge in [-0.25, -0.2) is 13.1 Å². The van der Waals surface area contributed by atoms with Crippen LogP contribution in [0, 0.1) is 5.92 Å². The molecule has 2 rings (SSSR count). The molecule has 3 N–H and O–H groups in total. The summed E-state index contributed by atoms with van der Waals surface area (Å²) < 4.78 is 26.9. The minimum Gasteiger partial charge on any atom is -0.352 e. The summed E-state index contributed by atoms with van der Waals surface area (Å²) in [6.45, 7) is 7.83. The second-order valence-corrected chi connectivity index (χ2v) is 8.30. The highest BCUT2D eigenvalue weighted by Crippen LogP contribution is 2.14. The number of carbonyl (C=O) groups excluding carboxylic acids is 1. The van der Waals surface area contributed by atoms with E-state index in [9.17, 15) is 13.2 Å². The smallest absolute Gasteiger partial charge is 0.251 e. The number of rotatable bonds is 5. The Morgan fingerprint density at radius 2 is 1.78 bits per heavy atom. The van der Waals surface area contributed by atoms with E-state index in [0.29, 0.717) is 18.0 Å². The van der Waals surface area contributed by atoms with E-state index in [1.807, 2.05) is 0 Å². The number of sulfonamides is 1. The Hall–Kier alpha value is -1.15. The van der Waals surface area contributed by atoms with E-state index >= 15 is 0 Å². The van der Waals surface area contributed by atoms with Crippen molar-refractivity contribution in [2.45, 2.75) is 31.2 Å². The van der Waals surface area contributed by atoms with E-state index in [1.54, 1.807) is 20.8 Å². The maximum Gasteiger partial charge on any atom is 0.251 e. The van der Waals surface area contributed by atoms with Crippen LogP contribution in [0.1, 0.15) is 31.1 Å². The molecule has 0 unspecified atom stereocenters. The number of amides is 1. The fourth-order valence-electron chi connectivity index (χ4n) is 2.08. The summed E-state index contributed by atoms with van der Waals surface area (Å²) in [6, 6.07) is 5.97. The lowest BCUT2D eigenvalue weighted by Crippen LogP contribution is -2.48. The SMILES string of the molecule is CC(C)(C)NS(=O)(=O)c1ccc(C(=O)NCC2CNC2)cc1.Cl. The van der Waals surface area contributed by atoms with Gasteiger partial charge < -0.3 is 10.6 Å². The Morgan fingerprint density at radius 1 is 1.22 bits per heavy atom. The van der Waals surface area contributed by atoms with Crippen molar-refractivity contribution in [3.8, 4) is 0 Å². The van der Waals surface area contributed by atoms with Crippen molar-refractivity contribution in [2.24, 2.45) is 5.92 Å². The van der Waals surface area contributed by atoms with Crippen molar-refractivity contribution in [3.05, 3.63) is 29.8 Å². The maximum atomic E-state index is 12.2. The van der Waals surface area contributed by atoms with Gasteiger partial charge in [0.05, 0.1) is 4.90 Å². The molecule has 0 saturated carbocycles. The molecule has 1 fully saturated rings. The summed E-state index contributed by atoms with van der Waals surface area (Å²) in [5.74, 6) is 0.305. The summed E-state index contributed by atoms with van der Waals surface area (Å²) in [4.78, 5) is 12.1. The molecule has 0 bridgehead atoms. The lowest BCUT2D eigenvalue weighted by molar-refractivity contribution is 0.0942. The first-order valence-electron chi connectivity index (χ1n) is 7.30. The van der Waals surface area contributed by atoms with Crippen LogP contribution in [-0.2, 0) is 10.0 Å². The normalized spacial score (nSPS) is 15.4. The van der Waals surface area contributed by atoms with E-state index in [0.717, 1.165) is 13.1 Å². The van der Waals surface area contributed by atoms with Crippen LogP contribution in [0.3, 0.4) is 0 Å².